The highest BCUT2D eigenvalue weighted by atomic mass is 19.4. The van der Waals surface area contributed by atoms with Crippen LogP contribution in [0.2, 0.25) is 0 Å². The van der Waals surface area contributed by atoms with E-state index in [2.05, 4.69) is 16.0 Å². The molecule has 2 aromatic rings. The van der Waals surface area contributed by atoms with Crippen molar-refractivity contribution in [2.24, 2.45) is 0 Å². The minimum Gasteiger partial charge on any atom is -0.497 e. The van der Waals surface area contributed by atoms with E-state index in [1.807, 2.05) is 0 Å². The summed E-state index contributed by atoms with van der Waals surface area (Å²) in [5.41, 5.74) is -0.109. The van der Waals surface area contributed by atoms with Crippen LogP contribution in [0.4, 0.5) is 23.7 Å². The fourth-order valence-corrected chi connectivity index (χ4v) is 3.26. The summed E-state index contributed by atoms with van der Waals surface area (Å²) in [6.07, 6.45) is -4.55. The smallest absolute Gasteiger partial charge is 0.416 e. The zero-order valence-corrected chi connectivity index (χ0v) is 16.9. The number of allylic oxidation sites excluding steroid dienone is 1. The summed E-state index contributed by atoms with van der Waals surface area (Å²) in [4.78, 5) is 25.2. The number of nitrogens with one attached hydrogen (secondary N) is 3. The molecule has 1 heterocycles. The van der Waals surface area contributed by atoms with Crippen LogP contribution in [0.5, 0.6) is 11.5 Å². The molecular weight excluding hydrogens is 415 g/mol. The van der Waals surface area contributed by atoms with E-state index in [-0.39, 0.29) is 17.0 Å². The lowest BCUT2D eigenvalue weighted by atomic mass is 9.93. The Balaban J connectivity index is 2.00. The van der Waals surface area contributed by atoms with Crippen LogP contribution in [-0.2, 0) is 11.0 Å². The molecule has 0 fully saturated rings. The highest BCUT2D eigenvalue weighted by Crippen LogP contribution is 2.36. The number of anilines is 1. The largest absolute Gasteiger partial charge is 0.497 e. The van der Waals surface area contributed by atoms with Crippen molar-refractivity contribution in [2.75, 3.05) is 19.5 Å². The van der Waals surface area contributed by atoms with Gasteiger partial charge in [0.25, 0.3) is 5.91 Å². The summed E-state index contributed by atoms with van der Waals surface area (Å²) in [5, 5.41) is 7.65. The molecule has 0 radical (unpaired) electrons. The molecular formula is C21H20F3N3O4. The first kappa shape index (κ1) is 22.0. The number of hydrogen-bond donors (Lipinski definition) is 3. The number of urea groups is 1. The average Bonchev–Trinajstić information content (AvgIpc) is 2.72. The van der Waals surface area contributed by atoms with Crippen LogP contribution in [0.1, 0.15) is 24.1 Å². The van der Waals surface area contributed by atoms with Crippen molar-refractivity contribution in [1.29, 1.82) is 0 Å². The molecule has 0 aliphatic carbocycles. The Morgan fingerprint density at radius 3 is 2.48 bits per heavy atom. The van der Waals surface area contributed by atoms with Gasteiger partial charge in [0.2, 0.25) is 0 Å². The molecule has 164 valence electrons. The van der Waals surface area contributed by atoms with Crippen LogP contribution in [-0.4, -0.2) is 26.2 Å². The van der Waals surface area contributed by atoms with Crippen molar-refractivity contribution in [3.63, 3.8) is 0 Å². The van der Waals surface area contributed by atoms with E-state index in [9.17, 15) is 22.8 Å². The molecule has 0 saturated carbocycles. The number of hydrogen-bond acceptors (Lipinski definition) is 4. The molecule has 0 saturated heterocycles. The highest BCUT2D eigenvalue weighted by Gasteiger charge is 2.34. The predicted octanol–water partition coefficient (Wildman–Crippen LogP) is 3.99. The predicted molar refractivity (Wildman–Crippen MR) is 107 cm³/mol. The zero-order chi connectivity index (χ0) is 22.8. The molecule has 3 rings (SSSR count). The van der Waals surface area contributed by atoms with E-state index in [1.54, 1.807) is 18.2 Å². The molecule has 1 aliphatic heterocycles. The summed E-state index contributed by atoms with van der Waals surface area (Å²) in [5.74, 6) is 0.184. The van der Waals surface area contributed by atoms with E-state index in [4.69, 9.17) is 9.47 Å². The molecule has 10 heteroatoms. The van der Waals surface area contributed by atoms with Gasteiger partial charge in [0.1, 0.15) is 11.5 Å². The Bertz CT molecular complexity index is 1050. The Hall–Kier alpha value is -3.69. The summed E-state index contributed by atoms with van der Waals surface area (Å²) in [6.45, 7) is 1.53. The number of carbonyl (C=O) groups is 2. The van der Waals surface area contributed by atoms with E-state index in [0.29, 0.717) is 17.1 Å². The summed E-state index contributed by atoms with van der Waals surface area (Å²) >= 11 is 0. The molecule has 3 N–H and O–H groups in total. The minimum atomic E-state index is -4.55. The van der Waals surface area contributed by atoms with Gasteiger partial charge in [0.05, 0.1) is 31.4 Å². The van der Waals surface area contributed by atoms with Crippen molar-refractivity contribution in [1.82, 2.24) is 10.6 Å². The monoisotopic (exact) mass is 435 g/mol. The molecule has 0 bridgehead atoms. The van der Waals surface area contributed by atoms with Crippen molar-refractivity contribution >= 4 is 17.6 Å². The van der Waals surface area contributed by atoms with Gasteiger partial charge in [0, 0.05) is 16.9 Å². The Morgan fingerprint density at radius 2 is 1.84 bits per heavy atom. The van der Waals surface area contributed by atoms with E-state index >= 15 is 0 Å². The van der Waals surface area contributed by atoms with Crippen LogP contribution < -0.4 is 25.4 Å². The Morgan fingerprint density at radius 1 is 1.10 bits per heavy atom. The molecule has 0 aromatic heterocycles. The number of rotatable bonds is 5. The summed E-state index contributed by atoms with van der Waals surface area (Å²) in [7, 11) is 2.90. The standard InChI is InChI=1S/C21H20F3N3O4/c1-11-17(19(28)26-13-6-4-5-12(9-13)21(22,23)24)18(27-20(29)25-11)15-10-14(30-2)7-8-16(15)31-3/h4-10,18H,1-3H3,(H,26,28)(H2,25,27,29). The number of carbonyl (C=O) groups excluding carboxylic acids is 2. The highest BCUT2D eigenvalue weighted by molar-refractivity contribution is 6.07. The second-order valence-electron chi connectivity index (χ2n) is 6.71. The van der Waals surface area contributed by atoms with Crippen molar-refractivity contribution in [2.45, 2.75) is 19.1 Å². The third-order valence-electron chi connectivity index (χ3n) is 4.71. The normalized spacial score (nSPS) is 16.3. The van der Waals surface area contributed by atoms with Crippen molar-refractivity contribution in [3.05, 3.63) is 64.9 Å². The molecule has 0 spiro atoms. The fraction of sp³-hybridized carbons (Fsp3) is 0.238. The minimum absolute atomic E-state index is 0.0339. The molecule has 3 amide bonds. The van der Waals surface area contributed by atoms with E-state index in [0.717, 1.165) is 12.1 Å². The quantitative estimate of drug-likeness (QED) is 0.663. The first-order chi connectivity index (χ1) is 14.6. The lowest BCUT2D eigenvalue weighted by Gasteiger charge is -2.29. The van der Waals surface area contributed by atoms with Gasteiger partial charge in [-0.3, -0.25) is 4.79 Å². The van der Waals surface area contributed by atoms with Gasteiger partial charge in [-0.05, 0) is 43.3 Å². The van der Waals surface area contributed by atoms with Gasteiger partial charge in [-0.25, -0.2) is 4.79 Å². The maximum atomic E-state index is 13.1. The van der Waals surface area contributed by atoms with Crippen LogP contribution >= 0.6 is 0 Å². The fourth-order valence-electron chi connectivity index (χ4n) is 3.26. The zero-order valence-electron chi connectivity index (χ0n) is 16.9. The number of halogens is 3. The van der Waals surface area contributed by atoms with Crippen molar-refractivity contribution < 1.29 is 32.2 Å². The summed E-state index contributed by atoms with van der Waals surface area (Å²) in [6, 6.07) is 7.72. The maximum Gasteiger partial charge on any atom is 0.416 e. The third kappa shape index (κ3) is 4.73. The van der Waals surface area contributed by atoms with Gasteiger partial charge < -0.3 is 25.4 Å². The molecule has 31 heavy (non-hydrogen) atoms. The summed E-state index contributed by atoms with van der Waals surface area (Å²) < 4.78 is 49.6. The van der Waals surface area contributed by atoms with Crippen LogP contribution in [0.3, 0.4) is 0 Å². The lowest BCUT2D eigenvalue weighted by Crippen LogP contribution is -2.46. The number of amides is 3. The maximum absolute atomic E-state index is 13.1. The molecule has 1 aliphatic rings. The number of benzene rings is 2. The van der Waals surface area contributed by atoms with Crippen LogP contribution in [0.15, 0.2) is 53.7 Å². The van der Waals surface area contributed by atoms with Crippen LogP contribution in [0.25, 0.3) is 0 Å². The van der Waals surface area contributed by atoms with Crippen LogP contribution in [0, 0.1) is 0 Å². The second-order valence-corrected chi connectivity index (χ2v) is 6.71. The molecule has 7 nitrogen and oxygen atoms in total. The SMILES string of the molecule is COc1ccc(OC)c(C2NC(=O)NC(C)=C2C(=O)Nc2cccc(C(F)(F)F)c2)c1. The molecule has 1 unspecified atom stereocenters. The Labute approximate surface area is 176 Å². The number of methoxy groups -OCH3 is 2. The molecule has 1 atom stereocenters. The number of alkyl halides is 3. The van der Waals surface area contributed by atoms with Crippen molar-refractivity contribution in [3.8, 4) is 11.5 Å². The first-order valence-electron chi connectivity index (χ1n) is 9.13. The van der Waals surface area contributed by atoms with Gasteiger partial charge in [-0.2, -0.15) is 13.2 Å². The average molecular weight is 435 g/mol. The van der Waals surface area contributed by atoms with Gasteiger partial charge in [-0.1, -0.05) is 6.07 Å². The first-order valence-corrected chi connectivity index (χ1v) is 9.13. The van der Waals surface area contributed by atoms with Gasteiger partial charge >= 0.3 is 12.2 Å². The Kier molecular flexibility index (Phi) is 6.09. The van der Waals surface area contributed by atoms with E-state index < -0.39 is 29.7 Å². The third-order valence-corrected chi connectivity index (χ3v) is 4.71. The van der Waals surface area contributed by atoms with E-state index in [1.165, 1.54) is 33.3 Å². The lowest BCUT2D eigenvalue weighted by molar-refractivity contribution is -0.137. The molecule has 2 aromatic carbocycles. The number of ether oxygens (including phenoxy) is 2. The van der Waals surface area contributed by atoms with Gasteiger partial charge in [-0.15, -0.1) is 0 Å². The second kappa shape index (κ2) is 8.58. The topological polar surface area (TPSA) is 88.7 Å². The van der Waals surface area contributed by atoms with Gasteiger partial charge in [0.15, 0.2) is 0 Å².